The van der Waals surface area contributed by atoms with E-state index in [4.69, 9.17) is 14.2 Å². The van der Waals surface area contributed by atoms with Gasteiger partial charge in [-0.15, -0.1) is 0 Å². The van der Waals surface area contributed by atoms with E-state index in [1.165, 1.54) is 12.1 Å². The highest BCUT2D eigenvalue weighted by molar-refractivity contribution is 5.92. The number of carbonyl (C=O) groups is 3. The number of hydrogen-bond donors (Lipinski definition) is 0. The zero-order chi connectivity index (χ0) is 34.2. The Labute approximate surface area is 272 Å². The lowest BCUT2D eigenvalue weighted by atomic mass is 10.0. The van der Waals surface area contributed by atoms with Crippen LogP contribution in [-0.4, -0.2) is 43.4 Å². The van der Waals surface area contributed by atoms with Gasteiger partial charge >= 0.3 is 24.1 Å². The van der Waals surface area contributed by atoms with E-state index in [-0.39, 0.29) is 29.6 Å². The molecule has 0 bridgehead atoms. The second-order valence-electron chi connectivity index (χ2n) is 11.1. The molecule has 3 aromatic rings. The van der Waals surface area contributed by atoms with E-state index in [9.17, 15) is 31.9 Å². The van der Waals surface area contributed by atoms with Gasteiger partial charge in [0.1, 0.15) is 5.75 Å². The van der Waals surface area contributed by atoms with Crippen LogP contribution >= 0.6 is 0 Å². The quantitative estimate of drug-likeness (QED) is 0.0582. The van der Waals surface area contributed by atoms with Crippen molar-refractivity contribution in [2.24, 2.45) is 0 Å². The molecule has 0 aromatic heterocycles. The van der Waals surface area contributed by atoms with Crippen molar-refractivity contribution in [3.63, 3.8) is 0 Å². The van der Waals surface area contributed by atoms with Gasteiger partial charge < -0.3 is 18.9 Å². The molecule has 0 unspecified atom stereocenters. The number of benzene rings is 3. The lowest BCUT2D eigenvalue weighted by Crippen LogP contribution is -2.25. The third-order valence-corrected chi connectivity index (χ3v) is 7.22. The van der Waals surface area contributed by atoms with Gasteiger partial charge in [-0.3, -0.25) is 0 Å². The molecule has 0 amide bonds. The lowest BCUT2D eigenvalue weighted by Gasteiger charge is -2.13. The molecule has 0 radical (unpaired) electrons. The molecule has 3 aromatic carbocycles. The first-order valence-electron chi connectivity index (χ1n) is 15.8. The van der Waals surface area contributed by atoms with Crippen LogP contribution in [0.15, 0.2) is 66.7 Å². The van der Waals surface area contributed by atoms with Gasteiger partial charge in [-0.1, -0.05) is 50.5 Å². The molecule has 0 fully saturated rings. The molecular weight excluding hydrogens is 620 g/mol. The van der Waals surface area contributed by atoms with Gasteiger partial charge in [-0.2, -0.15) is 13.2 Å². The summed E-state index contributed by atoms with van der Waals surface area (Å²) in [6.07, 6.45) is 2.08. The zero-order valence-electron chi connectivity index (χ0n) is 26.6. The average molecular weight is 661 g/mol. The van der Waals surface area contributed by atoms with Gasteiger partial charge in [0.15, 0.2) is 11.6 Å². The van der Waals surface area contributed by atoms with E-state index in [0.717, 1.165) is 49.3 Å². The first-order valence-corrected chi connectivity index (χ1v) is 15.8. The summed E-state index contributed by atoms with van der Waals surface area (Å²) in [6.45, 7) is 4.08. The molecule has 1 atom stereocenters. The lowest BCUT2D eigenvalue weighted by molar-refractivity contribution is -0.199. The van der Waals surface area contributed by atoms with Gasteiger partial charge in [0, 0.05) is 0 Å². The summed E-state index contributed by atoms with van der Waals surface area (Å²) >= 11 is 0. The van der Waals surface area contributed by atoms with Gasteiger partial charge in [0.05, 0.1) is 30.4 Å². The van der Waals surface area contributed by atoms with Crippen LogP contribution in [0.3, 0.4) is 0 Å². The number of alkyl halides is 3. The molecule has 0 N–H and O–H groups in total. The monoisotopic (exact) mass is 660 g/mol. The molecule has 254 valence electrons. The summed E-state index contributed by atoms with van der Waals surface area (Å²) in [5.74, 6) is -4.06. The van der Waals surface area contributed by atoms with Crippen molar-refractivity contribution in [2.45, 2.75) is 83.9 Å². The van der Waals surface area contributed by atoms with Crippen molar-refractivity contribution in [3.8, 4) is 22.6 Å². The summed E-state index contributed by atoms with van der Waals surface area (Å²) in [5.41, 5.74) is 1.95. The number of unbranched alkanes of at least 4 members (excludes halogenated alkanes) is 6. The van der Waals surface area contributed by atoms with Crippen molar-refractivity contribution in [2.75, 3.05) is 13.2 Å². The number of halogens is 4. The van der Waals surface area contributed by atoms with E-state index in [0.29, 0.717) is 38.0 Å². The van der Waals surface area contributed by atoms with Crippen LogP contribution < -0.4 is 9.47 Å². The second-order valence-corrected chi connectivity index (χ2v) is 11.1. The zero-order valence-corrected chi connectivity index (χ0v) is 26.6. The van der Waals surface area contributed by atoms with Crippen molar-refractivity contribution in [1.82, 2.24) is 0 Å². The highest BCUT2D eigenvalue weighted by Gasteiger charge is 2.40. The number of carbonyl (C=O) groups excluding carboxylic acids is 3. The Hall–Kier alpha value is -4.41. The summed E-state index contributed by atoms with van der Waals surface area (Å²) in [5, 5.41) is 0. The van der Waals surface area contributed by atoms with E-state index in [1.54, 1.807) is 36.4 Å². The van der Waals surface area contributed by atoms with Crippen LogP contribution in [0.1, 0.15) is 92.4 Å². The second kappa shape index (κ2) is 18.7. The Balaban J connectivity index is 1.41. The summed E-state index contributed by atoms with van der Waals surface area (Å²) in [7, 11) is 0. The van der Waals surface area contributed by atoms with Gasteiger partial charge in [0.25, 0.3) is 0 Å². The number of rotatable bonds is 18. The molecule has 47 heavy (non-hydrogen) atoms. The third-order valence-electron chi connectivity index (χ3n) is 7.22. The fourth-order valence-corrected chi connectivity index (χ4v) is 4.57. The summed E-state index contributed by atoms with van der Waals surface area (Å²) in [6, 6.07) is 17.5. The molecule has 0 aliphatic rings. The summed E-state index contributed by atoms with van der Waals surface area (Å²) < 4.78 is 71.5. The van der Waals surface area contributed by atoms with Crippen molar-refractivity contribution in [1.29, 1.82) is 0 Å². The van der Waals surface area contributed by atoms with E-state index in [2.05, 4.69) is 11.7 Å². The van der Waals surface area contributed by atoms with Crippen LogP contribution in [0.25, 0.3) is 11.1 Å². The number of esters is 3. The van der Waals surface area contributed by atoms with E-state index in [1.807, 2.05) is 19.1 Å². The Bertz CT molecular complexity index is 1440. The smallest absolute Gasteiger partial charge is 0.490 e. The fourth-order valence-electron chi connectivity index (χ4n) is 4.57. The van der Waals surface area contributed by atoms with E-state index < -0.39 is 29.9 Å². The predicted octanol–water partition coefficient (Wildman–Crippen LogP) is 9.27. The van der Waals surface area contributed by atoms with Crippen LogP contribution in [-0.2, 0) is 14.3 Å². The van der Waals surface area contributed by atoms with Gasteiger partial charge in [-0.05, 0) is 99.0 Å². The SMILES string of the molecule is CCCCCC[C@H](C)OC(=O)c1ccc(OC(=O)c2ccc(-c3ccc(OCCCCCCOC(=O)C(F)(F)F)cc3)cc2)c(F)c1. The average Bonchev–Trinajstić information content (AvgIpc) is 3.05. The minimum absolute atomic E-state index is 0.0371. The minimum atomic E-state index is -4.97. The maximum atomic E-state index is 14.7. The fraction of sp³-hybridized carbons (Fsp3) is 0.417. The predicted molar refractivity (Wildman–Crippen MR) is 168 cm³/mol. The largest absolute Gasteiger partial charge is 0.494 e. The molecular formula is C36H40F4O7. The van der Waals surface area contributed by atoms with E-state index >= 15 is 0 Å². The first-order chi connectivity index (χ1) is 22.5. The topological polar surface area (TPSA) is 88.1 Å². The number of ether oxygens (including phenoxy) is 4. The Kier molecular flexibility index (Phi) is 14.7. The van der Waals surface area contributed by atoms with Crippen molar-refractivity contribution in [3.05, 3.63) is 83.7 Å². The maximum absolute atomic E-state index is 14.7. The number of hydrogen-bond acceptors (Lipinski definition) is 7. The normalized spacial score (nSPS) is 11.9. The van der Waals surface area contributed by atoms with Gasteiger partial charge in [0.2, 0.25) is 0 Å². The minimum Gasteiger partial charge on any atom is -0.494 e. The summed E-state index contributed by atoms with van der Waals surface area (Å²) in [4.78, 5) is 35.7. The highest BCUT2D eigenvalue weighted by atomic mass is 19.4. The van der Waals surface area contributed by atoms with Crippen LogP contribution in [0, 0.1) is 5.82 Å². The molecule has 0 heterocycles. The molecule has 0 saturated heterocycles. The van der Waals surface area contributed by atoms with Crippen LogP contribution in [0.2, 0.25) is 0 Å². The molecule has 3 rings (SSSR count). The Morgan fingerprint density at radius 2 is 1.32 bits per heavy atom. The molecule has 0 spiro atoms. The van der Waals surface area contributed by atoms with Gasteiger partial charge in [-0.25, -0.2) is 18.8 Å². The van der Waals surface area contributed by atoms with Crippen molar-refractivity contribution >= 4 is 17.9 Å². The molecule has 0 saturated carbocycles. The molecule has 11 heteroatoms. The standard InChI is InChI=1S/C36H40F4O7/c1-3-4-5-8-11-25(2)46-34(42)29-18-21-32(31(37)24-29)47-33(41)28-14-12-26(13-15-28)27-16-19-30(20-17-27)44-22-9-6-7-10-23-45-35(43)36(38,39)40/h12-21,24-25H,3-11,22-23H2,1-2H3/t25-/m0/s1. The Morgan fingerprint density at radius 1 is 0.723 bits per heavy atom. The molecule has 0 aliphatic carbocycles. The van der Waals surface area contributed by atoms with Crippen LogP contribution in [0.4, 0.5) is 17.6 Å². The van der Waals surface area contributed by atoms with Crippen LogP contribution in [0.5, 0.6) is 11.5 Å². The highest BCUT2D eigenvalue weighted by Crippen LogP contribution is 2.25. The first kappa shape index (κ1) is 37.1. The third kappa shape index (κ3) is 12.7. The Morgan fingerprint density at radius 3 is 1.94 bits per heavy atom. The van der Waals surface area contributed by atoms with Crippen molar-refractivity contribution < 1.29 is 50.9 Å². The maximum Gasteiger partial charge on any atom is 0.490 e. The molecule has 7 nitrogen and oxygen atoms in total. The molecule has 0 aliphatic heterocycles.